The lowest BCUT2D eigenvalue weighted by Crippen LogP contribution is -2.63. The van der Waals surface area contributed by atoms with Crippen molar-refractivity contribution in [3.05, 3.63) is 53.5 Å². The molecule has 1 amide bonds. The molecule has 7 heteroatoms. The summed E-state index contributed by atoms with van der Waals surface area (Å²) in [5.41, 5.74) is 7.00. The van der Waals surface area contributed by atoms with Gasteiger partial charge in [0.1, 0.15) is 5.82 Å². The van der Waals surface area contributed by atoms with Gasteiger partial charge in [-0.15, -0.1) is 0 Å². The van der Waals surface area contributed by atoms with Crippen LogP contribution in [0.4, 0.5) is 5.82 Å². The van der Waals surface area contributed by atoms with Gasteiger partial charge in [0, 0.05) is 41.6 Å². The Bertz CT molecular complexity index is 1010. The minimum Gasteiger partial charge on any atom is -0.384 e. The predicted octanol–water partition coefficient (Wildman–Crippen LogP) is 5.02. The first-order valence-corrected chi connectivity index (χ1v) is 12.1. The minimum absolute atomic E-state index is 0.0641. The number of nitrogens with zero attached hydrogens (tertiary/aromatic N) is 3. The molecule has 186 valence electrons. The van der Waals surface area contributed by atoms with Crippen LogP contribution >= 0.6 is 0 Å². The fourth-order valence-corrected chi connectivity index (χ4v) is 4.71. The summed E-state index contributed by atoms with van der Waals surface area (Å²) in [6.45, 7) is 17.9. The number of hydrogen-bond donors (Lipinski definition) is 2. The number of hydroxylamine groups is 2. The van der Waals surface area contributed by atoms with Crippen LogP contribution in [0.3, 0.4) is 0 Å². The van der Waals surface area contributed by atoms with Crippen molar-refractivity contribution in [3.8, 4) is 0 Å². The van der Waals surface area contributed by atoms with Crippen molar-refractivity contribution in [3.63, 3.8) is 0 Å². The van der Waals surface area contributed by atoms with Crippen molar-refractivity contribution in [1.29, 1.82) is 0 Å². The molecule has 7 nitrogen and oxygen atoms in total. The highest BCUT2D eigenvalue weighted by atomic mass is 16.7. The zero-order valence-corrected chi connectivity index (χ0v) is 22.0. The Morgan fingerprint density at radius 1 is 1.12 bits per heavy atom. The Morgan fingerprint density at radius 3 is 2.38 bits per heavy atom. The van der Waals surface area contributed by atoms with E-state index in [4.69, 9.17) is 10.6 Å². The van der Waals surface area contributed by atoms with Gasteiger partial charge in [0.25, 0.3) is 5.91 Å². The fraction of sp³-hybridized carbons (Fsp3) is 0.593. The molecule has 2 aromatic heterocycles. The molecule has 0 saturated carbocycles. The summed E-state index contributed by atoms with van der Waals surface area (Å²) in [7, 11) is 0. The number of nitrogens with one attached hydrogen (secondary N) is 1. The molecule has 1 fully saturated rings. The number of pyridine rings is 2. The van der Waals surface area contributed by atoms with E-state index in [1.54, 1.807) is 18.5 Å². The number of hydrogen-bond acceptors (Lipinski definition) is 6. The van der Waals surface area contributed by atoms with E-state index in [0.29, 0.717) is 17.9 Å². The summed E-state index contributed by atoms with van der Waals surface area (Å²) < 4.78 is 0. The molecular weight excluding hydrogens is 426 g/mol. The molecule has 0 aromatic carbocycles. The molecule has 3 rings (SSSR count). The quantitative estimate of drug-likeness (QED) is 0.594. The molecule has 2 aromatic rings. The van der Waals surface area contributed by atoms with E-state index in [2.05, 4.69) is 75.7 Å². The molecule has 0 unspecified atom stereocenters. The van der Waals surface area contributed by atoms with Gasteiger partial charge in [0.05, 0.1) is 11.2 Å². The lowest BCUT2D eigenvalue weighted by atomic mass is 9.72. The van der Waals surface area contributed by atoms with Crippen LogP contribution < -0.4 is 11.1 Å². The summed E-state index contributed by atoms with van der Waals surface area (Å²) in [5, 5.41) is 5.15. The second kappa shape index (κ2) is 9.27. The first-order chi connectivity index (χ1) is 15.7. The third-order valence-electron chi connectivity index (χ3n) is 7.52. The highest BCUT2D eigenvalue weighted by molar-refractivity contribution is 5.94. The highest BCUT2D eigenvalue weighted by Crippen LogP contribution is 2.44. The van der Waals surface area contributed by atoms with Crippen molar-refractivity contribution >= 4 is 11.7 Å². The molecule has 1 aliphatic heterocycles. The zero-order valence-electron chi connectivity index (χ0n) is 22.0. The third-order valence-corrected chi connectivity index (χ3v) is 7.52. The van der Waals surface area contributed by atoms with Gasteiger partial charge in [0.2, 0.25) is 0 Å². The van der Waals surface area contributed by atoms with Crippen LogP contribution in [0.1, 0.15) is 96.1 Å². The van der Waals surface area contributed by atoms with Gasteiger partial charge < -0.3 is 11.1 Å². The number of nitrogens with two attached hydrogens (primary N) is 1. The van der Waals surface area contributed by atoms with Crippen LogP contribution in [0, 0.1) is 0 Å². The second-order valence-electron chi connectivity index (χ2n) is 11.7. The number of carbonyl (C=O) groups is 1. The van der Waals surface area contributed by atoms with Crippen LogP contribution in [0.15, 0.2) is 36.8 Å². The topological polar surface area (TPSA) is 93.4 Å². The van der Waals surface area contributed by atoms with Crippen LogP contribution in [-0.4, -0.2) is 37.6 Å². The maximum Gasteiger partial charge on any atom is 0.253 e. The fourth-order valence-electron chi connectivity index (χ4n) is 4.71. The number of amides is 1. The largest absolute Gasteiger partial charge is 0.384 e. The van der Waals surface area contributed by atoms with Gasteiger partial charge >= 0.3 is 0 Å². The van der Waals surface area contributed by atoms with Crippen molar-refractivity contribution in [2.45, 2.75) is 103 Å². The second-order valence-corrected chi connectivity index (χ2v) is 11.7. The average Bonchev–Trinajstić information content (AvgIpc) is 2.74. The Balaban J connectivity index is 1.80. The summed E-state index contributed by atoms with van der Waals surface area (Å²) in [4.78, 5) is 28.1. The number of anilines is 1. The van der Waals surface area contributed by atoms with Gasteiger partial charge in [-0.2, -0.15) is 5.06 Å². The van der Waals surface area contributed by atoms with E-state index in [1.807, 2.05) is 18.3 Å². The first-order valence-electron chi connectivity index (χ1n) is 12.1. The molecule has 34 heavy (non-hydrogen) atoms. The summed E-state index contributed by atoms with van der Waals surface area (Å²) in [5.74, 6) is 0.247. The average molecular weight is 468 g/mol. The van der Waals surface area contributed by atoms with Crippen molar-refractivity contribution in [1.82, 2.24) is 20.3 Å². The van der Waals surface area contributed by atoms with Crippen molar-refractivity contribution < 1.29 is 9.63 Å². The Morgan fingerprint density at radius 2 is 1.76 bits per heavy atom. The molecule has 0 spiro atoms. The third kappa shape index (κ3) is 5.41. The van der Waals surface area contributed by atoms with Gasteiger partial charge in [0.15, 0.2) is 0 Å². The molecule has 0 aliphatic carbocycles. The van der Waals surface area contributed by atoms with Crippen LogP contribution in [-0.2, 0) is 16.8 Å². The molecule has 0 radical (unpaired) electrons. The van der Waals surface area contributed by atoms with Crippen molar-refractivity contribution in [2.24, 2.45) is 0 Å². The first kappa shape index (κ1) is 26.1. The molecule has 0 bridgehead atoms. The standard InChI is InChI=1S/C27H41N5O2/c1-24(2)11-9-12-25(3,4)32(24)34-27(7,8)26(5,6)21-15-20(17-29-18-21)23(33)31-16-19-10-13-30-22(28)14-19/h10,13-15,17-18H,9,11-12,16H2,1-8H3,(H2,28,30)(H,31,33). The van der Waals surface area contributed by atoms with E-state index < -0.39 is 11.0 Å². The number of rotatable bonds is 7. The van der Waals surface area contributed by atoms with E-state index in [1.165, 1.54) is 6.42 Å². The smallest absolute Gasteiger partial charge is 0.253 e. The summed E-state index contributed by atoms with van der Waals surface area (Å²) in [6, 6.07) is 5.50. The summed E-state index contributed by atoms with van der Waals surface area (Å²) in [6.07, 6.45) is 8.43. The van der Waals surface area contributed by atoms with Crippen LogP contribution in [0.5, 0.6) is 0 Å². The summed E-state index contributed by atoms with van der Waals surface area (Å²) >= 11 is 0. The van der Waals surface area contributed by atoms with E-state index in [0.717, 1.165) is 24.0 Å². The minimum atomic E-state index is -0.551. The lowest BCUT2D eigenvalue weighted by Gasteiger charge is -2.56. The maximum atomic E-state index is 12.9. The van der Waals surface area contributed by atoms with Crippen LogP contribution in [0.25, 0.3) is 0 Å². The van der Waals surface area contributed by atoms with E-state index in [-0.39, 0.29) is 17.0 Å². The Hall–Kier alpha value is -2.51. The molecular formula is C27H41N5O2. The van der Waals surface area contributed by atoms with Gasteiger partial charge in [-0.25, -0.2) is 4.98 Å². The molecule has 3 N–H and O–H groups in total. The maximum absolute atomic E-state index is 12.9. The van der Waals surface area contributed by atoms with Gasteiger partial charge in [-0.05, 0) is 90.1 Å². The SMILES string of the molecule is CC1(C)CCCC(C)(C)N1OC(C)(C)C(C)(C)c1cncc(C(=O)NCc2ccnc(N)c2)c1. The lowest BCUT2D eigenvalue weighted by molar-refractivity contribution is -0.340. The monoisotopic (exact) mass is 467 g/mol. The van der Waals surface area contributed by atoms with Gasteiger partial charge in [-0.1, -0.05) is 13.8 Å². The number of nitrogen functional groups attached to an aromatic ring is 1. The Labute approximate surface area is 204 Å². The molecule has 0 atom stereocenters. The normalized spacial score (nSPS) is 18.5. The molecule has 1 aliphatic rings. The van der Waals surface area contributed by atoms with E-state index >= 15 is 0 Å². The van der Waals surface area contributed by atoms with Crippen molar-refractivity contribution in [2.75, 3.05) is 5.73 Å². The number of piperidine rings is 1. The number of aromatic nitrogens is 2. The Kier molecular flexibility index (Phi) is 7.11. The van der Waals surface area contributed by atoms with Crippen LogP contribution in [0.2, 0.25) is 0 Å². The molecule has 1 saturated heterocycles. The number of carbonyl (C=O) groups excluding carboxylic acids is 1. The highest BCUT2D eigenvalue weighted by Gasteiger charge is 2.49. The molecule has 3 heterocycles. The van der Waals surface area contributed by atoms with E-state index in [9.17, 15) is 4.79 Å². The zero-order chi connectivity index (χ0) is 25.4. The predicted molar refractivity (Wildman–Crippen MR) is 136 cm³/mol. The van der Waals surface area contributed by atoms with Gasteiger partial charge in [-0.3, -0.25) is 14.6 Å².